The number of hydrogen-bond acceptors (Lipinski definition) is 6. The van der Waals surface area contributed by atoms with Crippen LogP contribution in [0.4, 0.5) is 18.9 Å². The van der Waals surface area contributed by atoms with Crippen LogP contribution in [-0.4, -0.2) is 62.6 Å². The number of rotatable bonds is 7. The molecule has 34 heavy (non-hydrogen) atoms. The van der Waals surface area contributed by atoms with Gasteiger partial charge in [0.2, 0.25) is 0 Å². The Morgan fingerprint density at radius 1 is 1.06 bits per heavy atom. The molecule has 0 saturated carbocycles. The zero-order valence-corrected chi connectivity index (χ0v) is 19.8. The second kappa shape index (κ2) is 9.58. The molecule has 2 fully saturated rings. The lowest BCUT2D eigenvalue weighted by Crippen LogP contribution is -2.35. The number of likely N-dealkylation sites (tertiary alicyclic amines) is 1. The van der Waals surface area contributed by atoms with Crippen molar-refractivity contribution >= 4 is 17.4 Å². The van der Waals surface area contributed by atoms with Gasteiger partial charge in [-0.3, -0.25) is 4.98 Å². The van der Waals surface area contributed by atoms with Gasteiger partial charge in [0.15, 0.2) is 11.0 Å². The largest absolute Gasteiger partial charge is 0.416 e. The molecule has 3 aromatic rings. The Morgan fingerprint density at radius 3 is 2.62 bits per heavy atom. The standard InChI is InChI=1S/C24H27F3N6S/c1-31-22(20-5-2-3-11-28-20)29-30-23(31)34-14-4-12-32-15-17-10-13-33(21(17)16-32)19-8-6-18(7-9-19)24(25,26)27/h2-3,5-9,11,17,21H,4,10,12-16H2,1H3/t17-,21+/m1/s1. The summed E-state index contributed by atoms with van der Waals surface area (Å²) in [5.41, 5.74) is 1.11. The number of aromatic nitrogens is 4. The minimum Gasteiger partial charge on any atom is -0.367 e. The predicted molar refractivity (Wildman–Crippen MR) is 127 cm³/mol. The van der Waals surface area contributed by atoms with Crippen LogP contribution >= 0.6 is 11.8 Å². The molecule has 0 bridgehead atoms. The average Bonchev–Trinajstić information content (AvgIpc) is 3.51. The number of alkyl halides is 3. The van der Waals surface area contributed by atoms with Gasteiger partial charge >= 0.3 is 6.18 Å². The van der Waals surface area contributed by atoms with E-state index in [0.29, 0.717) is 12.0 Å². The maximum Gasteiger partial charge on any atom is 0.416 e. The van der Waals surface area contributed by atoms with E-state index in [1.807, 2.05) is 29.8 Å². The zero-order chi connectivity index (χ0) is 23.7. The fourth-order valence-electron chi connectivity index (χ4n) is 5.00. The Bertz CT molecular complexity index is 1100. The van der Waals surface area contributed by atoms with Crippen molar-refractivity contribution in [2.75, 3.05) is 36.8 Å². The highest BCUT2D eigenvalue weighted by atomic mass is 32.2. The Labute approximate surface area is 201 Å². The lowest BCUT2D eigenvalue weighted by atomic mass is 10.0. The maximum absolute atomic E-state index is 12.9. The molecule has 0 aliphatic carbocycles. The number of fused-ring (bicyclic) bond motifs is 1. The van der Waals surface area contributed by atoms with Crippen LogP contribution in [0.15, 0.2) is 53.8 Å². The summed E-state index contributed by atoms with van der Waals surface area (Å²) in [6.45, 7) is 3.94. The lowest BCUT2D eigenvalue weighted by molar-refractivity contribution is -0.137. The van der Waals surface area contributed by atoms with E-state index in [2.05, 4.69) is 25.0 Å². The molecule has 0 radical (unpaired) electrons. The Morgan fingerprint density at radius 2 is 1.88 bits per heavy atom. The fourth-order valence-corrected chi connectivity index (χ4v) is 5.84. The zero-order valence-electron chi connectivity index (χ0n) is 18.9. The van der Waals surface area contributed by atoms with E-state index in [4.69, 9.17) is 0 Å². The molecule has 2 atom stereocenters. The molecule has 2 saturated heterocycles. The number of anilines is 1. The van der Waals surface area contributed by atoms with Crippen molar-refractivity contribution in [2.45, 2.75) is 30.2 Å². The summed E-state index contributed by atoms with van der Waals surface area (Å²) in [6, 6.07) is 11.7. The molecule has 0 unspecified atom stereocenters. The molecule has 1 aromatic carbocycles. The topological polar surface area (TPSA) is 50.1 Å². The number of nitrogens with zero attached hydrogens (tertiary/aromatic N) is 6. The van der Waals surface area contributed by atoms with Crippen LogP contribution in [0.25, 0.3) is 11.5 Å². The van der Waals surface area contributed by atoms with E-state index in [0.717, 1.165) is 67.1 Å². The van der Waals surface area contributed by atoms with Gasteiger partial charge in [0.1, 0.15) is 5.69 Å². The maximum atomic E-state index is 12.9. The third-order valence-electron chi connectivity index (χ3n) is 6.73. The molecule has 0 amide bonds. The van der Waals surface area contributed by atoms with Crippen molar-refractivity contribution in [2.24, 2.45) is 13.0 Å². The van der Waals surface area contributed by atoms with Crippen LogP contribution in [0.1, 0.15) is 18.4 Å². The molecule has 4 heterocycles. The van der Waals surface area contributed by atoms with E-state index in [9.17, 15) is 13.2 Å². The summed E-state index contributed by atoms with van der Waals surface area (Å²) >= 11 is 1.70. The Balaban J connectivity index is 1.11. The lowest BCUT2D eigenvalue weighted by Gasteiger charge is -2.27. The first-order valence-electron chi connectivity index (χ1n) is 11.5. The summed E-state index contributed by atoms with van der Waals surface area (Å²) in [6.07, 6.45) is -0.414. The Hall–Kier alpha value is -2.59. The van der Waals surface area contributed by atoms with Crippen LogP contribution in [0.3, 0.4) is 0 Å². The van der Waals surface area contributed by atoms with Gasteiger partial charge in [-0.15, -0.1) is 10.2 Å². The fraction of sp³-hybridized carbons (Fsp3) is 0.458. The molecule has 6 nitrogen and oxygen atoms in total. The third-order valence-corrected chi connectivity index (χ3v) is 7.83. The summed E-state index contributed by atoms with van der Waals surface area (Å²) < 4.78 is 40.6. The quantitative estimate of drug-likeness (QED) is 0.358. The molecular weight excluding hydrogens is 461 g/mol. The van der Waals surface area contributed by atoms with Gasteiger partial charge in [-0.05, 0) is 61.7 Å². The highest BCUT2D eigenvalue weighted by molar-refractivity contribution is 7.99. The van der Waals surface area contributed by atoms with Crippen molar-refractivity contribution in [1.82, 2.24) is 24.6 Å². The molecular formula is C24H27F3N6S. The van der Waals surface area contributed by atoms with Crippen LogP contribution in [0, 0.1) is 5.92 Å². The monoisotopic (exact) mass is 488 g/mol. The first-order chi connectivity index (χ1) is 16.4. The van der Waals surface area contributed by atoms with Crippen molar-refractivity contribution < 1.29 is 13.2 Å². The smallest absolute Gasteiger partial charge is 0.367 e. The van der Waals surface area contributed by atoms with E-state index in [1.54, 1.807) is 30.1 Å². The summed E-state index contributed by atoms with van der Waals surface area (Å²) in [4.78, 5) is 9.13. The summed E-state index contributed by atoms with van der Waals surface area (Å²) in [5.74, 6) is 2.29. The molecule has 5 rings (SSSR count). The summed E-state index contributed by atoms with van der Waals surface area (Å²) in [5, 5.41) is 9.49. The van der Waals surface area contributed by atoms with E-state index < -0.39 is 11.7 Å². The summed E-state index contributed by atoms with van der Waals surface area (Å²) in [7, 11) is 1.96. The number of thioether (sulfide) groups is 1. The molecule has 2 aliphatic rings. The number of halogens is 3. The third kappa shape index (κ3) is 4.79. The highest BCUT2D eigenvalue weighted by Crippen LogP contribution is 2.37. The minimum absolute atomic E-state index is 0.379. The Kier molecular flexibility index (Phi) is 6.52. The van der Waals surface area contributed by atoms with Crippen LogP contribution in [-0.2, 0) is 13.2 Å². The van der Waals surface area contributed by atoms with Gasteiger partial charge in [-0.25, -0.2) is 0 Å². The van der Waals surface area contributed by atoms with Gasteiger partial charge in [-0.1, -0.05) is 17.8 Å². The average molecular weight is 489 g/mol. The minimum atomic E-state index is -4.29. The van der Waals surface area contributed by atoms with Gasteiger partial charge in [0, 0.05) is 50.4 Å². The SMILES string of the molecule is Cn1c(SCCCN2C[C@H]3CCN(c4ccc(C(F)(F)F)cc4)[C@H]3C2)nnc1-c1ccccn1. The number of hydrogen-bond donors (Lipinski definition) is 0. The predicted octanol–water partition coefficient (Wildman–Crippen LogP) is 4.59. The van der Waals surface area contributed by atoms with Crippen molar-refractivity contribution in [3.05, 3.63) is 54.2 Å². The second-order valence-corrected chi connectivity index (χ2v) is 9.96. The van der Waals surface area contributed by atoms with Gasteiger partial charge in [0.25, 0.3) is 0 Å². The second-order valence-electron chi connectivity index (χ2n) is 8.90. The van der Waals surface area contributed by atoms with E-state index >= 15 is 0 Å². The number of benzene rings is 1. The van der Waals surface area contributed by atoms with Gasteiger partial charge < -0.3 is 14.4 Å². The van der Waals surface area contributed by atoms with E-state index in [1.165, 1.54) is 12.1 Å². The molecule has 10 heteroatoms. The van der Waals surface area contributed by atoms with Crippen molar-refractivity contribution in [3.8, 4) is 11.5 Å². The first-order valence-corrected chi connectivity index (χ1v) is 12.5. The molecule has 2 aliphatic heterocycles. The van der Waals surface area contributed by atoms with E-state index in [-0.39, 0.29) is 0 Å². The van der Waals surface area contributed by atoms with Gasteiger partial charge in [-0.2, -0.15) is 13.2 Å². The first kappa shape index (κ1) is 23.2. The number of pyridine rings is 1. The molecule has 0 spiro atoms. The molecule has 0 N–H and O–H groups in total. The van der Waals surface area contributed by atoms with Crippen LogP contribution in [0.2, 0.25) is 0 Å². The van der Waals surface area contributed by atoms with Gasteiger partial charge in [0.05, 0.1) is 5.56 Å². The van der Waals surface area contributed by atoms with Crippen molar-refractivity contribution in [1.29, 1.82) is 0 Å². The molecule has 2 aromatic heterocycles. The van der Waals surface area contributed by atoms with Crippen LogP contribution in [0.5, 0.6) is 0 Å². The molecule has 180 valence electrons. The van der Waals surface area contributed by atoms with Crippen molar-refractivity contribution in [3.63, 3.8) is 0 Å². The highest BCUT2D eigenvalue weighted by Gasteiger charge is 2.41. The van der Waals surface area contributed by atoms with Crippen LogP contribution < -0.4 is 4.90 Å². The normalized spacial score (nSPS) is 20.8.